The quantitative estimate of drug-likeness (QED) is 0.406. The van der Waals surface area contributed by atoms with Crippen molar-refractivity contribution in [2.24, 2.45) is 0 Å². The lowest BCUT2D eigenvalue weighted by Gasteiger charge is -2.14. The van der Waals surface area contributed by atoms with Crippen molar-refractivity contribution < 1.29 is 19.2 Å². The summed E-state index contributed by atoms with van der Waals surface area (Å²) < 4.78 is 10.7. The molecule has 0 fully saturated rings. The Kier molecular flexibility index (Phi) is 5.67. The van der Waals surface area contributed by atoms with Crippen LogP contribution >= 0.6 is 0 Å². The van der Waals surface area contributed by atoms with Crippen LogP contribution in [0.1, 0.15) is 13.8 Å². The second kappa shape index (κ2) is 7.09. The first-order valence-corrected chi connectivity index (χ1v) is 5.31. The first-order chi connectivity index (χ1) is 7.76. The molecule has 0 saturated heterocycles. The van der Waals surface area contributed by atoms with Crippen LogP contribution < -0.4 is 9.47 Å². The lowest BCUT2D eigenvalue weighted by molar-refractivity contribution is -0.299. The van der Waals surface area contributed by atoms with E-state index in [4.69, 9.17) is 19.2 Å². The summed E-state index contributed by atoms with van der Waals surface area (Å²) in [7, 11) is 1.63. The predicted octanol–water partition coefficient (Wildman–Crippen LogP) is 2.43. The van der Waals surface area contributed by atoms with Crippen molar-refractivity contribution >= 4 is 0 Å². The third-order valence-corrected chi connectivity index (χ3v) is 1.90. The Morgan fingerprint density at radius 2 is 1.69 bits per heavy atom. The van der Waals surface area contributed by atoms with E-state index in [9.17, 15) is 0 Å². The standard InChI is InChI=1S/C12H18O4/c1-4-14-15-9-10(2)16-12-7-5-11(13-3)6-8-12/h5-8,10H,4,9H2,1-3H3. The van der Waals surface area contributed by atoms with Crippen LogP contribution in [-0.4, -0.2) is 26.4 Å². The minimum absolute atomic E-state index is 0.0556. The molecule has 1 unspecified atom stereocenters. The topological polar surface area (TPSA) is 36.9 Å². The molecule has 0 bridgehead atoms. The first-order valence-electron chi connectivity index (χ1n) is 5.31. The van der Waals surface area contributed by atoms with Gasteiger partial charge in [0, 0.05) is 0 Å². The van der Waals surface area contributed by atoms with Gasteiger partial charge in [-0.25, -0.2) is 9.78 Å². The van der Waals surface area contributed by atoms with E-state index >= 15 is 0 Å². The van der Waals surface area contributed by atoms with Gasteiger partial charge in [-0.2, -0.15) is 0 Å². The number of benzene rings is 1. The molecule has 0 amide bonds. The molecule has 0 aromatic heterocycles. The van der Waals surface area contributed by atoms with E-state index in [1.54, 1.807) is 7.11 Å². The smallest absolute Gasteiger partial charge is 0.122 e. The molecule has 1 aromatic rings. The highest BCUT2D eigenvalue weighted by atomic mass is 17.2. The molecule has 0 saturated carbocycles. The van der Waals surface area contributed by atoms with Crippen LogP contribution in [-0.2, 0) is 9.78 Å². The molecule has 4 nitrogen and oxygen atoms in total. The molecule has 1 aromatic carbocycles. The average Bonchev–Trinajstić information content (AvgIpc) is 2.30. The Labute approximate surface area is 96.0 Å². The maximum Gasteiger partial charge on any atom is 0.122 e. The van der Waals surface area contributed by atoms with Crippen molar-refractivity contribution in [3.05, 3.63) is 24.3 Å². The first kappa shape index (κ1) is 12.8. The molecular formula is C12H18O4. The minimum atomic E-state index is -0.0556. The van der Waals surface area contributed by atoms with E-state index < -0.39 is 0 Å². The fraction of sp³-hybridized carbons (Fsp3) is 0.500. The van der Waals surface area contributed by atoms with Crippen molar-refractivity contribution in [2.45, 2.75) is 20.0 Å². The maximum absolute atomic E-state index is 5.60. The highest BCUT2D eigenvalue weighted by molar-refractivity contribution is 5.31. The maximum atomic E-state index is 5.60. The van der Waals surface area contributed by atoms with Gasteiger partial charge in [-0.05, 0) is 38.1 Å². The Hall–Kier alpha value is -1.26. The Morgan fingerprint density at radius 1 is 1.06 bits per heavy atom. The highest BCUT2D eigenvalue weighted by Crippen LogP contribution is 2.18. The molecule has 0 radical (unpaired) electrons. The molecule has 0 aliphatic heterocycles. The molecule has 0 aliphatic carbocycles. The lowest BCUT2D eigenvalue weighted by atomic mass is 10.3. The van der Waals surface area contributed by atoms with Crippen molar-refractivity contribution in [2.75, 3.05) is 20.3 Å². The van der Waals surface area contributed by atoms with Gasteiger partial charge < -0.3 is 9.47 Å². The van der Waals surface area contributed by atoms with Crippen molar-refractivity contribution in [3.63, 3.8) is 0 Å². The SMILES string of the molecule is CCOOCC(C)Oc1ccc(OC)cc1. The minimum Gasteiger partial charge on any atom is -0.497 e. The molecule has 16 heavy (non-hydrogen) atoms. The Balaban J connectivity index is 2.34. The van der Waals surface area contributed by atoms with E-state index in [-0.39, 0.29) is 6.10 Å². The molecule has 90 valence electrons. The van der Waals surface area contributed by atoms with E-state index in [1.807, 2.05) is 38.1 Å². The monoisotopic (exact) mass is 226 g/mol. The van der Waals surface area contributed by atoms with Gasteiger partial charge in [-0.3, -0.25) is 0 Å². The van der Waals surface area contributed by atoms with Gasteiger partial charge in [0.15, 0.2) is 0 Å². The van der Waals surface area contributed by atoms with E-state index in [1.165, 1.54) is 0 Å². The average molecular weight is 226 g/mol. The largest absolute Gasteiger partial charge is 0.497 e. The summed E-state index contributed by atoms with van der Waals surface area (Å²) in [5.74, 6) is 1.60. The van der Waals surface area contributed by atoms with Gasteiger partial charge in [0.25, 0.3) is 0 Å². The van der Waals surface area contributed by atoms with Crippen LogP contribution in [0.15, 0.2) is 24.3 Å². The number of hydrogen-bond donors (Lipinski definition) is 0. The molecule has 0 N–H and O–H groups in total. The van der Waals surface area contributed by atoms with Crippen LogP contribution in [0.5, 0.6) is 11.5 Å². The van der Waals surface area contributed by atoms with Gasteiger partial charge in [0.05, 0.1) is 13.7 Å². The summed E-state index contributed by atoms with van der Waals surface area (Å²) in [5.41, 5.74) is 0. The lowest BCUT2D eigenvalue weighted by Crippen LogP contribution is -2.19. The third kappa shape index (κ3) is 4.51. The summed E-state index contributed by atoms with van der Waals surface area (Å²) in [6.45, 7) is 4.73. The second-order valence-corrected chi connectivity index (χ2v) is 3.30. The van der Waals surface area contributed by atoms with Gasteiger partial charge >= 0.3 is 0 Å². The second-order valence-electron chi connectivity index (χ2n) is 3.30. The number of hydrogen-bond acceptors (Lipinski definition) is 4. The molecule has 1 rings (SSSR count). The summed E-state index contributed by atoms with van der Waals surface area (Å²) >= 11 is 0. The normalized spacial score (nSPS) is 12.2. The molecule has 0 heterocycles. The molecular weight excluding hydrogens is 208 g/mol. The Morgan fingerprint density at radius 3 is 2.25 bits per heavy atom. The number of rotatable bonds is 7. The highest BCUT2D eigenvalue weighted by Gasteiger charge is 2.04. The van der Waals surface area contributed by atoms with Crippen molar-refractivity contribution in [1.29, 1.82) is 0 Å². The fourth-order valence-electron chi connectivity index (χ4n) is 1.15. The molecule has 0 aliphatic rings. The van der Waals surface area contributed by atoms with Crippen LogP contribution in [0.2, 0.25) is 0 Å². The van der Waals surface area contributed by atoms with Crippen LogP contribution in [0.4, 0.5) is 0 Å². The van der Waals surface area contributed by atoms with Crippen LogP contribution in [0.25, 0.3) is 0 Å². The van der Waals surface area contributed by atoms with Crippen molar-refractivity contribution in [3.8, 4) is 11.5 Å². The molecule has 0 spiro atoms. The van der Waals surface area contributed by atoms with Crippen molar-refractivity contribution in [1.82, 2.24) is 0 Å². The molecule has 4 heteroatoms. The van der Waals surface area contributed by atoms with Gasteiger partial charge in [-0.1, -0.05) is 0 Å². The van der Waals surface area contributed by atoms with Gasteiger partial charge in [0.1, 0.15) is 24.2 Å². The zero-order valence-electron chi connectivity index (χ0n) is 9.93. The number of ether oxygens (including phenoxy) is 2. The van der Waals surface area contributed by atoms with E-state index in [0.717, 1.165) is 11.5 Å². The van der Waals surface area contributed by atoms with Gasteiger partial charge in [0.2, 0.25) is 0 Å². The third-order valence-electron chi connectivity index (χ3n) is 1.90. The zero-order chi connectivity index (χ0) is 11.8. The van der Waals surface area contributed by atoms with Crippen LogP contribution in [0.3, 0.4) is 0 Å². The zero-order valence-corrected chi connectivity index (χ0v) is 9.93. The summed E-state index contributed by atoms with van der Waals surface area (Å²) in [5, 5.41) is 0. The molecule has 1 atom stereocenters. The summed E-state index contributed by atoms with van der Waals surface area (Å²) in [4.78, 5) is 9.69. The summed E-state index contributed by atoms with van der Waals surface area (Å²) in [6, 6.07) is 7.42. The predicted molar refractivity (Wildman–Crippen MR) is 60.7 cm³/mol. The number of methoxy groups -OCH3 is 1. The fourth-order valence-corrected chi connectivity index (χ4v) is 1.15. The van der Waals surface area contributed by atoms with Gasteiger partial charge in [-0.15, -0.1) is 0 Å². The van der Waals surface area contributed by atoms with Crippen LogP contribution in [0, 0.1) is 0 Å². The Bertz CT molecular complexity index is 284. The van der Waals surface area contributed by atoms with E-state index in [0.29, 0.717) is 13.2 Å². The van der Waals surface area contributed by atoms with E-state index in [2.05, 4.69) is 0 Å². The summed E-state index contributed by atoms with van der Waals surface area (Å²) in [6.07, 6.45) is -0.0556.